The summed E-state index contributed by atoms with van der Waals surface area (Å²) in [5.41, 5.74) is 20.1. The number of aryl methyl sites for hydroxylation is 1. The zero-order valence-corrected chi connectivity index (χ0v) is 39.0. The average molecular weight is 843 g/mol. The fourth-order valence-electron chi connectivity index (χ4n) is 12.0. The van der Waals surface area contributed by atoms with E-state index in [4.69, 9.17) is 4.42 Å². The molecule has 5 heteroatoms. The molecule has 0 spiro atoms. The predicted octanol–water partition coefficient (Wildman–Crippen LogP) is 14.7. The lowest BCUT2D eigenvalue weighted by Gasteiger charge is -2.46. The molecule has 6 aromatic carbocycles. The lowest BCUT2D eigenvalue weighted by molar-refractivity contribution is 0.260. The number of furan rings is 1. The van der Waals surface area contributed by atoms with E-state index in [0.29, 0.717) is 0 Å². The van der Waals surface area contributed by atoms with Crippen LogP contribution in [0.1, 0.15) is 109 Å². The van der Waals surface area contributed by atoms with Crippen molar-refractivity contribution in [3.8, 4) is 22.3 Å². The summed E-state index contributed by atoms with van der Waals surface area (Å²) >= 11 is 2.15. The van der Waals surface area contributed by atoms with Crippen molar-refractivity contribution >= 4 is 69.2 Å². The van der Waals surface area contributed by atoms with E-state index in [1.807, 2.05) is 0 Å². The van der Waals surface area contributed by atoms with Gasteiger partial charge in [-0.1, -0.05) is 163 Å². The molecule has 1 saturated carbocycles. The smallest absolute Gasteiger partial charge is 0.297 e. The van der Waals surface area contributed by atoms with Crippen molar-refractivity contribution in [3.63, 3.8) is 0 Å². The number of benzene rings is 6. The van der Waals surface area contributed by atoms with Gasteiger partial charge < -0.3 is 14.2 Å². The Balaban J connectivity index is 1.27. The van der Waals surface area contributed by atoms with Crippen LogP contribution in [0.4, 0.5) is 34.1 Å². The summed E-state index contributed by atoms with van der Waals surface area (Å²) in [5, 5.41) is 0. The van der Waals surface area contributed by atoms with Gasteiger partial charge in [-0.05, 0) is 103 Å². The number of nitrogens with zero attached hydrogens (tertiary/aromatic N) is 2. The molecule has 0 radical (unpaired) electrons. The van der Waals surface area contributed by atoms with E-state index >= 15 is 0 Å². The van der Waals surface area contributed by atoms with Crippen LogP contribution in [0, 0.1) is 6.92 Å². The van der Waals surface area contributed by atoms with Crippen LogP contribution in [-0.4, -0.2) is 11.5 Å². The van der Waals surface area contributed by atoms with Gasteiger partial charge in [0.2, 0.25) is 0 Å². The summed E-state index contributed by atoms with van der Waals surface area (Å²) in [6, 6.07) is 50.3. The Morgan fingerprint density at radius 2 is 1.27 bits per heavy atom. The highest BCUT2D eigenvalue weighted by molar-refractivity contribution is 8.01. The maximum Gasteiger partial charge on any atom is 0.297 e. The molecule has 4 heterocycles. The van der Waals surface area contributed by atoms with Gasteiger partial charge in [-0.15, -0.1) is 11.8 Å². The Morgan fingerprint density at radius 3 is 1.90 bits per heavy atom. The van der Waals surface area contributed by atoms with Gasteiger partial charge >= 0.3 is 0 Å². The monoisotopic (exact) mass is 842 g/mol. The molecular formula is C58H59BN2OS. The van der Waals surface area contributed by atoms with Crippen molar-refractivity contribution in [2.24, 2.45) is 0 Å². The molecule has 1 aromatic heterocycles. The van der Waals surface area contributed by atoms with E-state index in [2.05, 4.69) is 203 Å². The second-order valence-corrected chi connectivity index (χ2v) is 21.4. The largest absolute Gasteiger partial charge is 0.472 e. The molecule has 316 valence electrons. The SMILES string of the molecule is CCCCC(C)(C)c1oc2c(c1CC)N(c1ccccc1-c1ccccc1)c1cc(C)cc3c1B2c1cc2c(cc1N3c1ccccc1-c1ccccc1)C1(C)CCCCC1(C)S2. The van der Waals surface area contributed by atoms with Crippen LogP contribution in [-0.2, 0) is 17.3 Å². The molecule has 0 amide bonds. The number of para-hydroxylation sites is 2. The van der Waals surface area contributed by atoms with Crippen molar-refractivity contribution in [2.75, 3.05) is 9.80 Å². The first-order chi connectivity index (χ1) is 30.6. The molecule has 7 aromatic rings. The van der Waals surface area contributed by atoms with Crippen LogP contribution < -0.4 is 26.4 Å². The third kappa shape index (κ3) is 6.08. The van der Waals surface area contributed by atoms with Crippen LogP contribution >= 0.6 is 11.8 Å². The van der Waals surface area contributed by atoms with E-state index in [1.54, 1.807) is 0 Å². The molecule has 4 aliphatic rings. The van der Waals surface area contributed by atoms with E-state index in [0.717, 1.165) is 37.1 Å². The molecule has 1 fully saturated rings. The quantitative estimate of drug-likeness (QED) is 0.135. The predicted molar refractivity (Wildman–Crippen MR) is 270 cm³/mol. The first-order valence-electron chi connectivity index (χ1n) is 23.6. The Labute approximate surface area is 380 Å². The van der Waals surface area contributed by atoms with Crippen molar-refractivity contribution < 1.29 is 4.42 Å². The standard InChI is InChI=1S/C58H59BN2OS/c1-8-10-31-56(4,5)54-41(9-2)53-55(62-54)59-45-37-51-44(57(6)32-21-22-33-58(57,7)63-51)36-48(45)60(46-29-19-17-27-42(46)39-23-13-11-14-24-39)49-34-38(3)35-50(52(49)59)61(53)47-30-20-18-28-43(47)40-25-15-12-16-26-40/h11-20,23-30,34-37H,8-10,21-22,31-33H2,1-7H3. The molecule has 3 nitrogen and oxygen atoms in total. The maximum atomic E-state index is 7.74. The number of thioether (sulfide) groups is 1. The van der Waals surface area contributed by atoms with E-state index < -0.39 is 0 Å². The number of hydrogen-bond acceptors (Lipinski definition) is 4. The third-order valence-corrected chi connectivity index (χ3v) is 17.1. The second-order valence-electron chi connectivity index (χ2n) is 19.8. The lowest BCUT2D eigenvalue weighted by Crippen LogP contribution is -2.61. The average Bonchev–Trinajstić information content (AvgIpc) is 3.80. The highest BCUT2D eigenvalue weighted by Gasteiger charge is 2.56. The number of unbranched alkanes of at least 4 members (excludes halogenated alkanes) is 1. The highest BCUT2D eigenvalue weighted by Crippen LogP contribution is 2.64. The summed E-state index contributed by atoms with van der Waals surface area (Å²) in [4.78, 5) is 6.72. The van der Waals surface area contributed by atoms with E-state index in [-0.39, 0.29) is 22.3 Å². The molecule has 0 bridgehead atoms. The summed E-state index contributed by atoms with van der Waals surface area (Å²) in [6.45, 7) is 16.8. The minimum atomic E-state index is -0.140. The van der Waals surface area contributed by atoms with E-state index in [9.17, 15) is 0 Å². The zero-order chi connectivity index (χ0) is 43.3. The Kier molecular flexibility index (Phi) is 9.69. The Bertz CT molecular complexity index is 2900. The Morgan fingerprint density at radius 1 is 0.683 bits per heavy atom. The third-order valence-electron chi connectivity index (χ3n) is 15.5. The lowest BCUT2D eigenvalue weighted by atomic mass is 9.35. The molecule has 0 N–H and O–H groups in total. The summed E-state index contributed by atoms with van der Waals surface area (Å²) < 4.78 is 7.90. The number of anilines is 6. The van der Waals surface area contributed by atoms with Gasteiger partial charge in [0.15, 0.2) is 0 Å². The topological polar surface area (TPSA) is 19.6 Å². The molecule has 2 unspecified atom stereocenters. The first-order valence-corrected chi connectivity index (χ1v) is 24.5. The van der Waals surface area contributed by atoms with Crippen LogP contribution in [0.5, 0.6) is 0 Å². The molecule has 0 saturated heterocycles. The molecular weight excluding hydrogens is 784 g/mol. The van der Waals surface area contributed by atoms with Crippen molar-refractivity contribution in [1.29, 1.82) is 0 Å². The van der Waals surface area contributed by atoms with Gasteiger partial charge in [-0.2, -0.15) is 0 Å². The first kappa shape index (κ1) is 40.4. The molecule has 11 rings (SSSR count). The van der Waals surface area contributed by atoms with Gasteiger partial charge in [0.25, 0.3) is 6.71 Å². The van der Waals surface area contributed by atoms with Gasteiger partial charge in [-0.25, -0.2) is 0 Å². The number of rotatable bonds is 9. The second kappa shape index (κ2) is 15.1. The van der Waals surface area contributed by atoms with Crippen molar-refractivity contribution in [2.45, 2.75) is 120 Å². The molecule has 63 heavy (non-hydrogen) atoms. The summed E-state index contributed by atoms with van der Waals surface area (Å²) in [6.07, 6.45) is 9.33. The van der Waals surface area contributed by atoms with Crippen LogP contribution in [0.3, 0.4) is 0 Å². The Hall–Kier alpha value is -5.39. The van der Waals surface area contributed by atoms with Crippen LogP contribution in [0.25, 0.3) is 22.3 Å². The minimum absolute atomic E-state index is 0.0870. The van der Waals surface area contributed by atoms with Gasteiger partial charge in [0.05, 0.1) is 22.7 Å². The highest BCUT2D eigenvalue weighted by atomic mass is 32.2. The number of hydrogen-bond donors (Lipinski definition) is 0. The minimum Gasteiger partial charge on any atom is -0.472 e. The fraction of sp³-hybridized carbons (Fsp3) is 0.310. The molecule has 2 atom stereocenters. The maximum absolute atomic E-state index is 7.74. The van der Waals surface area contributed by atoms with Crippen molar-refractivity contribution in [1.82, 2.24) is 0 Å². The van der Waals surface area contributed by atoms with Crippen LogP contribution in [0.15, 0.2) is 143 Å². The van der Waals surface area contributed by atoms with Crippen molar-refractivity contribution in [3.05, 3.63) is 156 Å². The zero-order valence-electron chi connectivity index (χ0n) is 38.1. The molecule has 1 aliphatic carbocycles. The molecule has 3 aliphatic heterocycles. The fourth-order valence-corrected chi connectivity index (χ4v) is 13.8. The normalized spacial score (nSPS) is 19.6. The van der Waals surface area contributed by atoms with Gasteiger partial charge in [0.1, 0.15) is 5.76 Å². The van der Waals surface area contributed by atoms with Gasteiger partial charge in [0, 0.05) is 54.2 Å². The number of fused-ring (bicyclic) bond motifs is 7. The van der Waals surface area contributed by atoms with Gasteiger partial charge in [-0.3, -0.25) is 0 Å². The van der Waals surface area contributed by atoms with E-state index in [1.165, 1.54) is 115 Å². The summed E-state index contributed by atoms with van der Waals surface area (Å²) in [5.74, 6) is 1.15. The van der Waals surface area contributed by atoms with Crippen LogP contribution in [0.2, 0.25) is 0 Å². The summed E-state index contributed by atoms with van der Waals surface area (Å²) in [7, 11) is 0.